The van der Waals surface area contributed by atoms with Gasteiger partial charge in [-0.1, -0.05) is 36.4 Å². The number of rotatable bonds is 5. The lowest BCUT2D eigenvalue weighted by Crippen LogP contribution is -2.44. The van der Waals surface area contributed by atoms with Crippen LogP contribution in [0.3, 0.4) is 0 Å². The number of aromatic amines is 1. The number of hydrogen-bond acceptors (Lipinski definition) is 3. The summed E-state index contributed by atoms with van der Waals surface area (Å²) in [5, 5.41) is 13.5. The molecular weight excluding hydrogens is 368 g/mol. The molecule has 6 heteroatoms. The summed E-state index contributed by atoms with van der Waals surface area (Å²) in [6.07, 6.45) is 3.57. The van der Waals surface area contributed by atoms with Gasteiger partial charge < -0.3 is 20.1 Å². The highest BCUT2D eigenvalue weighted by Gasteiger charge is 2.61. The molecule has 1 aliphatic heterocycles. The van der Waals surface area contributed by atoms with Gasteiger partial charge in [0.1, 0.15) is 11.8 Å². The molecule has 3 aromatic rings. The molecule has 3 atom stereocenters. The number of para-hydroxylation sites is 2. The number of fused-ring (bicyclic) bond motifs is 3. The zero-order valence-corrected chi connectivity index (χ0v) is 15.9. The number of carbonyl (C=O) groups is 2. The number of nitrogens with one attached hydrogen (secondary N) is 2. The Morgan fingerprint density at radius 1 is 1.21 bits per heavy atom. The van der Waals surface area contributed by atoms with Crippen molar-refractivity contribution in [2.45, 2.75) is 30.7 Å². The van der Waals surface area contributed by atoms with Crippen molar-refractivity contribution in [3.05, 3.63) is 65.9 Å². The highest BCUT2D eigenvalue weighted by molar-refractivity contribution is 5.90. The summed E-state index contributed by atoms with van der Waals surface area (Å²) >= 11 is 0. The quantitative estimate of drug-likeness (QED) is 0.625. The summed E-state index contributed by atoms with van der Waals surface area (Å²) in [5.41, 5.74) is 2.69. The summed E-state index contributed by atoms with van der Waals surface area (Å²) in [6.45, 7) is 0.582. The monoisotopic (exact) mass is 390 g/mol. The van der Waals surface area contributed by atoms with E-state index in [4.69, 9.17) is 4.74 Å². The van der Waals surface area contributed by atoms with Gasteiger partial charge in [-0.15, -0.1) is 0 Å². The zero-order chi connectivity index (χ0) is 20.0. The molecule has 3 N–H and O–H groups in total. The van der Waals surface area contributed by atoms with E-state index >= 15 is 0 Å². The molecule has 2 heterocycles. The van der Waals surface area contributed by atoms with Crippen molar-refractivity contribution in [3.63, 3.8) is 0 Å². The first-order valence-corrected chi connectivity index (χ1v) is 9.89. The Balaban J connectivity index is 1.34. The van der Waals surface area contributed by atoms with Crippen LogP contribution in [0, 0.1) is 5.92 Å². The van der Waals surface area contributed by atoms with Crippen molar-refractivity contribution in [1.82, 2.24) is 10.3 Å². The second-order valence-electron chi connectivity index (χ2n) is 7.97. The van der Waals surface area contributed by atoms with E-state index in [0.29, 0.717) is 6.61 Å². The number of ether oxygens (including phenoxy) is 1. The van der Waals surface area contributed by atoms with E-state index < -0.39 is 12.0 Å². The van der Waals surface area contributed by atoms with Gasteiger partial charge in [0, 0.05) is 40.4 Å². The first-order chi connectivity index (χ1) is 14.1. The van der Waals surface area contributed by atoms with Crippen LogP contribution in [0.5, 0.6) is 5.75 Å². The Hall–Kier alpha value is -3.28. The van der Waals surface area contributed by atoms with Gasteiger partial charge in [0.2, 0.25) is 5.91 Å². The van der Waals surface area contributed by atoms with Crippen LogP contribution in [0.15, 0.2) is 54.7 Å². The SMILES string of the molecule is O=C(O)C(Cc1c[nH]c2ccccc12)NC(=O)[C@@H]1C[C@]12CCOc1ccccc12. The fourth-order valence-corrected chi connectivity index (χ4v) is 4.70. The number of aliphatic carboxylic acids is 1. The molecule has 2 aromatic carbocycles. The molecule has 1 spiro atoms. The van der Waals surface area contributed by atoms with E-state index in [0.717, 1.165) is 40.6 Å². The molecule has 1 saturated carbocycles. The van der Waals surface area contributed by atoms with Gasteiger partial charge >= 0.3 is 5.97 Å². The topological polar surface area (TPSA) is 91.4 Å². The highest BCUT2D eigenvalue weighted by atomic mass is 16.5. The first-order valence-electron chi connectivity index (χ1n) is 9.89. The maximum atomic E-state index is 13.0. The second kappa shape index (κ2) is 6.65. The summed E-state index contributed by atoms with van der Waals surface area (Å²) < 4.78 is 5.73. The number of carboxylic acid groups (broad SMARTS) is 1. The average molecular weight is 390 g/mol. The standard InChI is InChI=1S/C23H22N2O4/c26-21(17-12-23(17)9-10-29-20-8-4-2-6-16(20)23)25-19(22(27)28)11-14-13-24-18-7-3-1-5-15(14)18/h1-8,13,17,19,24H,9-12H2,(H,25,26)(H,27,28)/t17-,19?,23-/m0/s1. The van der Waals surface area contributed by atoms with Gasteiger partial charge in [0.15, 0.2) is 0 Å². The molecule has 1 unspecified atom stereocenters. The Morgan fingerprint density at radius 3 is 2.86 bits per heavy atom. The average Bonchev–Trinajstić information content (AvgIpc) is 3.30. The maximum absolute atomic E-state index is 13.0. The van der Waals surface area contributed by atoms with Gasteiger partial charge in [-0.25, -0.2) is 4.79 Å². The fourth-order valence-electron chi connectivity index (χ4n) is 4.70. The van der Waals surface area contributed by atoms with Crippen LogP contribution >= 0.6 is 0 Å². The lowest BCUT2D eigenvalue weighted by atomic mass is 9.87. The van der Waals surface area contributed by atoms with E-state index in [2.05, 4.69) is 10.3 Å². The molecule has 0 bridgehead atoms. The number of amides is 1. The summed E-state index contributed by atoms with van der Waals surface area (Å²) in [7, 11) is 0. The minimum absolute atomic E-state index is 0.186. The van der Waals surface area contributed by atoms with Crippen molar-refractivity contribution in [3.8, 4) is 5.75 Å². The van der Waals surface area contributed by atoms with Crippen LogP contribution in [0.1, 0.15) is 24.0 Å². The van der Waals surface area contributed by atoms with Crippen molar-refractivity contribution in [1.29, 1.82) is 0 Å². The molecule has 29 heavy (non-hydrogen) atoms. The molecule has 0 radical (unpaired) electrons. The maximum Gasteiger partial charge on any atom is 0.326 e. The Morgan fingerprint density at radius 2 is 2.00 bits per heavy atom. The van der Waals surface area contributed by atoms with E-state index in [1.54, 1.807) is 0 Å². The minimum Gasteiger partial charge on any atom is -0.493 e. The summed E-state index contributed by atoms with van der Waals surface area (Å²) in [6, 6.07) is 14.6. The van der Waals surface area contributed by atoms with Crippen LogP contribution in [0.25, 0.3) is 10.9 Å². The number of H-pyrrole nitrogens is 1. The smallest absolute Gasteiger partial charge is 0.326 e. The molecular formula is C23H22N2O4. The normalized spacial score (nSPS) is 23.2. The van der Waals surface area contributed by atoms with Gasteiger partial charge in [-0.05, 0) is 30.5 Å². The highest BCUT2D eigenvalue weighted by Crippen LogP contribution is 2.60. The predicted octanol–water partition coefficient (Wildman–Crippen LogP) is 3.02. The summed E-state index contributed by atoms with van der Waals surface area (Å²) in [4.78, 5) is 28.0. The van der Waals surface area contributed by atoms with Gasteiger partial charge in [-0.2, -0.15) is 0 Å². The van der Waals surface area contributed by atoms with Crippen molar-refractivity contribution in [2.75, 3.05) is 6.61 Å². The molecule has 1 fully saturated rings. The van der Waals surface area contributed by atoms with Crippen LogP contribution in [0.4, 0.5) is 0 Å². The van der Waals surface area contributed by atoms with E-state index in [1.807, 2.05) is 54.7 Å². The van der Waals surface area contributed by atoms with Gasteiger partial charge in [0.05, 0.1) is 6.61 Å². The molecule has 1 aromatic heterocycles. The van der Waals surface area contributed by atoms with Crippen LogP contribution in [-0.2, 0) is 21.4 Å². The third-order valence-corrected chi connectivity index (χ3v) is 6.33. The number of carboxylic acids is 1. The third kappa shape index (κ3) is 2.95. The molecule has 0 saturated heterocycles. The van der Waals surface area contributed by atoms with E-state index in [-0.39, 0.29) is 23.7 Å². The Bertz CT molecular complexity index is 1100. The molecule has 5 rings (SSSR count). The molecule has 6 nitrogen and oxygen atoms in total. The number of aromatic nitrogens is 1. The zero-order valence-electron chi connectivity index (χ0n) is 15.9. The van der Waals surface area contributed by atoms with E-state index in [1.165, 1.54) is 0 Å². The fraction of sp³-hybridized carbons (Fsp3) is 0.304. The van der Waals surface area contributed by atoms with Crippen LogP contribution in [-0.4, -0.2) is 34.6 Å². The van der Waals surface area contributed by atoms with Gasteiger partial charge in [-0.3, -0.25) is 4.79 Å². The Kier molecular flexibility index (Phi) is 4.08. The first kappa shape index (κ1) is 17.8. The van der Waals surface area contributed by atoms with E-state index in [9.17, 15) is 14.7 Å². The molecule has 2 aliphatic rings. The Labute approximate surface area is 167 Å². The lowest BCUT2D eigenvalue weighted by molar-refractivity contribution is -0.142. The second-order valence-corrected chi connectivity index (χ2v) is 7.97. The number of benzene rings is 2. The number of carbonyl (C=O) groups excluding carboxylic acids is 1. The predicted molar refractivity (Wildman–Crippen MR) is 108 cm³/mol. The molecule has 1 aliphatic carbocycles. The largest absolute Gasteiger partial charge is 0.493 e. The number of hydrogen-bond donors (Lipinski definition) is 3. The molecule has 1 amide bonds. The lowest BCUT2D eigenvalue weighted by Gasteiger charge is -2.27. The molecule has 148 valence electrons. The van der Waals surface area contributed by atoms with Crippen LogP contribution in [0.2, 0.25) is 0 Å². The van der Waals surface area contributed by atoms with Crippen LogP contribution < -0.4 is 10.1 Å². The van der Waals surface area contributed by atoms with Crippen molar-refractivity contribution >= 4 is 22.8 Å². The van der Waals surface area contributed by atoms with Crippen molar-refractivity contribution < 1.29 is 19.4 Å². The minimum atomic E-state index is -1.02. The third-order valence-electron chi connectivity index (χ3n) is 6.33. The van der Waals surface area contributed by atoms with Crippen molar-refractivity contribution in [2.24, 2.45) is 5.92 Å². The van der Waals surface area contributed by atoms with Gasteiger partial charge in [0.25, 0.3) is 0 Å². The summed E-state index contributed by atoms with van der Waals surface area (Å²) in [5.74, 6) is -0.584.